The van der Waals surface area contributed by atoms with Crippen LogP contribution >= 0.6 is 0 Å². The summed E-state index contributed by atoms with van der Waals surface area (Å²) in [5.41, 5.74) is 0.760. The van der Waals surface area contributed by atoms with Gasteiger partial charge in [-0.2, -0.15) is 0 Å². The van der Waals surface area contributed by atoms with Gasteiger partial charge in [0, 0.05) is 38.3 Å². The summed E-state index contributed by atoms with van der Waals surface area (Å²) < 4.78 is 16.7. The van der Waals surface area contributed by atoms with Crippen molar-refractivity contribution in [2.75, 3.05) is 26.2 Å². The van der Waals surface area contributed by atoms with E-state index < -0.39 is 18.3 Å². The molecule has 0 radical (unpaired) electrons. The fourth-order valence-corrected chi connectivity index (χ4v) is 3.70. The van der Waals surface area contributed by atoms with Gasteiger partial charge >= 0.3 is 12.2 Å². The monoisotopic (exact) mass is 470 g/mol. The standard InChI is InChI=1S/C25H30N2O7/c1-5-26(6-2)24(30)32-17-11-9-16(10-12-17)21-15-20(29)23-19(28)13-18(14-22(23)34-21)33-25(31)27(7-3)8-4/h9-14,21,28H,5-8,15H2,1-4H3. The molecule has 1 N–H and O–H groups in total. The SMILES string of the molecule is CCN(CC)C(=O)Oc1ccc(C2CC(=O)c3c(O)cc(OC(=O)N(CC)CC)cc3O2)cc1. The van der Waals surface area contributed by atoms with Crippen LogP contribution in [0.5, 0.6) is 23.0 Å². The molecule has 0 aliphatic carbocycles. The van der Waals surface area contributed by atoms with Crippen molar-refractivity contribution in [2.24, 2.45) is 0 Å². The Morgan fingerprint density at radius 1 is 0.912 bits per heavy atom. The summed E-state index contributed by atoms with van der Waals surface area (Å²) in [5.74, 6) is 0.0108. The summed E-state index contributed by atoms with van der Waals surface area (Å²) >= 11 is 0. The molecule has 2 aromatic carbocycles. The summed E-state index contributed by atoms with van der Waals surface area (Å²) in [6, 6.07) is 9.39. The number of hydrogen-bond acceptors (Lipinski definition) is 7. The Morgan fingerprint density at radius 2 is 1.44 bits per heavy atom. The molecule has 1 unspecified atom stereocenters. The van der Waals surface area contributed by atoms with Gasteiger partial charge in [-0.3, -0.25) is 4.79 Å². The number of hydrogen-bond donors (Lipinski definition) is 1. The maximum absolute atomic E-state index is 12.7. The average Bonchev–Trinajstić information content (AvgIpc) is 2.80. The highest BCUT2D eigenvalue weighted by molar-refractivity contribution is 6.02. The molecule has 1 aliphatic heterocycles. The van der Waals surface area contributed by atoms with E-state index in [0.717, 1.165) is 0 Å². The first-order valence-electron chi connectivity index (χ1n) is 11.4. The first kappa shape index (κ1) is 24.9. The molecule has 0 fully saturated rings. The number of carbonyl (C=O) groups excluding carboxylic acids is 3. The summed E-state index contributed by atoms with van der Waals surface area (Å²) in [5, 5.41) is 10.4. The molecule has 9 nitrogen and oxygen atoms in total. The molecule has 0 aromatic heterocycles. The maximum atomic E-state index is 12.7. The van der Waals surface area contributed by atoms with Crippen molar-refractivity contribution in [1.82, 2.24) is 9.80 Å². The van der Waals surface area contributed by atoms with Gasteiger partial charge in [-0.25, -0.2) is 9.59 Å². The smallest absolute Gasteiger partial charge is 0.415 e. The highest BCUT2D eigenvalue weighted by atomic mass is 16.6. The number of aromatic hydroxyl groups is 1. The van der Waals surface area contributed by atoms with Crippen molar-refractivity contribution >= 4 is 18.0 Å². The van der Waals surface area contributed by atoms with Crippen molar-refractivity contribution < 1.29 is 33.7 Å². The number of Topliss-reactive ketones (excluding diaryl/α,β-unsaturated/α-hetero) is 1. The largest absolute Gasteiger partial charge is 0.507 e. The number of phenols is 1. The second kappa shape index (κ2) is 10.9. The molecule has 0 saturated heterocycles. The van der Waals surface area contributed by atoms with E-state index in [1.165, 1.54) is 17.0 Å². The zero-order valence-corrected chi connectivity index (χ0v) is 19.9. The molecule has 2 aromatic rings. The highest BCUT2D eigenvalue weighted by Gasteiger charge is 2.31. The van der Waals surface area contributed by atoms with Gasteiger partial charge in [0.25, 0.3) is 0 Å². The lowest BCUT2D eigenvalue weighted by molar-refractivity contribution is 0.0845. The van der Waals surface area contributed by atoms with Crippen LogP contribution in [-0.2, 0) is 0 Å². The third kappa shape index (κ3) is 5.41. The van der Waals surface area contributed by atoms with Crippen LogP contribution in [0.25, 0.3) is 0 Å². The van der Waals surface area contributed by atoms with Crippen LogP contribution in [0.4, 0.5) is 9.59 Å². The van der Waals surface area contributed by atoms with Crippen molar-refractivity contribution in [3.63, 3.8) is 0 Å². The predicted molar refractivity (Wildman–Crippen MR) is 125 cm³/mol. The number of phenolic OH excluding ortho intramolecular Hbond substituents is 1. The number of ketones is 1. The molecule has 182 valence electrons. The molecule has 9 heteroatoms. The fraction of sp³-hybridized carbons (Fsp3) is 0.400. The maximum Gasteiger partial charge on any atom is 0.415 e. The highest BCUT2D eigenvalue weighted by Crippen LogP contribution is 2.42. The predicted octanol–water partition coefficient (Wildman–Crippen LogP) is 4.78. The van der Waals surface area contributed by atoms with Crippen LogP contribution in [-0.4, -0.2) is 59.1 Å². The minimum Gasteiger partial charge on any atom is -0.507 e. The number of fused-ring (bicyclic) bond motifs is 1. The molecule has 0 bridgehead atoms. The lowest BCUT2D eigenvalue weighted by Crippen LogP contribution is -2.33. The van der Waals surface area contributed by atoms with Crippen LogP contribution < -0.4 is 14.2 Å². The van der Waals surface area contributed by atoms with Gasteiger partial charge in [0.2, 0.25) is 0 Å². The zero-order chi connectivity index (χ0) is 24.8. The number of ether oxygens (including phenoxy) is 3. The number of rotatable bonds is 7. The second-order valence-corrected chi connectivity index (χ2v) is 7.70. The van der Waals surface area contributed by atoms with Crippen LogP contribution in [0, 0.1) is 0 Å². The van der Waals surface area contributed by atoms with E-state index in [2.05, 4.69) is 0 Å². The van der Waals surface area contributed by atoms with E-state index in [0.29, 0.717) is 37.5 Å². The van der Waals surface area contributed by atoms with E-state index in [1.54, 1.807) is 29.2 Å². The molecular formula is C25H30N2O7. The summed E-state index contributed by atoms with van der Waals surface area (Å²) in [6.07, 6.45) is -1.57. The normalized spacial score (nSPS) is 14.6. The first-order chi connectivity index (χ1) is 16.3. The topological polar surface area (TPSA) is 106 Å². The summed E-state index contributed by atoms with van der Waals surface area (Å²) in [7, 11) is 0. The molecule has 3 rings (SSSR count). The van der Waals surface area contributed by atoms with E-state index in [1.807, 2.05) is 27.7 Å². The molecule has 34 heavy (non-hydrogen) atoms. The van der Waals surface area contributed by atoms with Gasteiger partial charge in [0.1, 0.15) is 34.7 Å². The molecule has 1 atom stereocenters. The molecular weight excluding hydrogens is 440 g/mol. The van der Waals surface area contributed by atoms with Crippen LogP contribution in [0.1, 0.15) is 56.1 Å². The quantitative estimate of drug-likeness (QED) is 0.621. The van der Waals surface area contributed by atoms with Gasteiger partial charge in [-0.05, 0) is 45.4 Å². The van der Waals surface area contributed by atoms with Crippen molar-refractivity contribution in [3.05, 3.63) is 47.5 Å². The summed E-state index contributed by atoms with van der Waals surface area (Å²) in [4.78, 5) is 40.2. The number of carbonyl (C=O) groups is 3. The van der Waals surface area contributed by atoms with E-state index in [-0.39, 0.29) is 35.0 Å². The van der Waals surface area contributed by atoms with Gasteiger partial charge in [-0.15, -0.1) is 0 Å². The Bertz CT molecular complexity index is 1040. The molecule has 0 saturated carbocycles. The van der Waals surface area contributed by atoms with Crippen LogP contribution in [0.3, 0.4) is 0 Å². The molecule has 1 aliphatic rings. The Kier molecular flexibility index (Phi) is 7.99. The van der Waals surface area contributed by atoms with E-state index >= 15 is 0 Å². The molecule has 0 spiro atoms. The second-order valence-electron chi connectivity index (χ2n) is 7.70. The number of amides is 2. The zero-order valence-electron chi connectivity index (χ0n) is 19.9. The number of nitrogens with zero attached hydrogens (tertiary/aromatic N) is 2. The average molecular weight is 471 g/mol. The van der Waals surface area contributed by atoms with Gasteiger partial charge in [0.05, 0.1) is 6.42 Å². The lowest BCUT2D eigenvalue weighted by atomic mass is 9.95. The third-order valence-corrected chi connectivity index (χ3v) is 5.68. The van der Waals surface area contributed by atoms with Crippen molar-refractivity contribution in [3.8, 4) is 23.0 Å². The van der Waals surface area contributed by atoms with Gasteiger partial charge < -0.3 is 29.1 Å². The van der Waals surface area contributed by atoms with Gasteiger partial charge in [-0.1, -0.05) is 12.1 Å². The number of benzene rings is 2. The Labute approximate surface area is 198 Å². The van der Waals surface area contributed by atoms with Crippen LogP contribution in [0.15, 0.2) is 36.4 Å². The third-order valence-electron chi connectivity index (χ3n) is 5.68. The van der Waals surface area contributed by atoms with E-state index in [9.17, 15) is 19.5 Å². The van der Waals surface area contributed by atoms with E-state index in [4.69, 9.17) is 14.2 Å². The molecule has 2 amide bonds. The minimum atomic E-state index is -0.610. The first-order valence-corrected chi connectivity index (χ1v) is 11.4. The lowest BCUT2D eigenvalue weighted by Gasteiger charge is -2.27. The fourth-order valence-electron chi connectivity index (χ4n) is 3.70. The van der Waals surface area contributed by atoms with Gasteiger partial charge in [0.15, 0.2) is 5.78 Å². The van der Waals surface area contributed by atoms with Crippen LogP contribution in [0.2, 0.25) is 0 Å². The van der Waals surface area contributed by atoms with Crippen molar-refractivity contribution in [1.29, 1.82) is 0 Å². The Hall–Kier alpha value is -3.75. The Morgan fingerprint density at radius 3 is 1.97 bits per heavy atom. The van der Waals surface area contributed by atoms with Crippen molar-refractivity contribution in [2.45, 2.75) is 40.2 Å². The molecule has 1 heterocycles. The summed E-state index contributed by atoms with van der Waals surface area (Å²) in [6.45, 7) is 9.45. The Balaban J connectivity index is 1.77. The minimum absolute atomic E-state index is 0.0255.